The van der Waals surface area contributed by atoms with E-state index in [1.807, 2.05) is 0 Å². The van der Waals surface area contributed by atoms with Crippen LogP contribution >= 0.6 is 0 Å². The number of ether oxygens (including phenoxy) is 1. The molecule has 1 aromatic carbocycles. The Morgan fingerprint density at radius 3 is 2.59 bits per heavy atom. The summed E-state index contributed by atoms with van der Waals surface area (Å²) in [6, 6.07) is 4.60. The fraction of sp³-hybridized carbons (Fsp3) is 0.571. The van der Waals surface area contributed by atoms with Gasteiger partial charge < -0.3 is 9.84 Å². The van der Waals surface area contributed by atoms with Gasteiger partial charge in [-0.1, -0.05) is 20.3 Å². The summed E-state index contributed by atoms with van der Waals surface area (Å²) in [6.45, 7) is 6.39. The average molecular weight is 240 g/mol. The molecular weight excluding hydrogens is 219 g/mol. The Balaban J connectivity index is 2.58. The van der Waals surface area contributed by atoms with E-state index in [2.05, 4.69) is 13.8 Å². The van der Waals surface area contributed by atoms with Crippen LogP contribution < -0.4 is 4.74 Å². The molecule has 0 aliphatic carbocycles. The molecule has 1 aromatic rings. The van der Waals surface area contributed by atoms with Crippen molar-refractivity contribution >= 4 is 0 Å². The first-order chi connectivity index (χ1) is 8.04. The number of aliphatic hydroxyl groups excluding tert-OH is 1. The summed E-state index contributed by atoms with van der Waals surface area (Å²) in [4.78, 5) is 0. The third-order valence-corrected chi connectivity index (χ3v) is 2.74. The van der Waals surface area contributed by atoms with Crippen LogP contribution in [0.5, 0.6) is 5.75 Å². The number of rotatable bonds is 6. The largest absolute Gasteiger partial charge is 0.493 e. The summed E-state index contributed by atoms with van der Waals surface area (Å²) in [5.74, 6) is 0.579. The summed E-state index contributed by atoms with van der Waals surface area (Å²) >= 11 is 0. The van der Waals surface area contributed by atoms with Crippen molar-refractivity contribution in [1.29, 1.82) is 0 Å². The molecule has 1 unspecified atom stereocenters. The molecule has 0 spiro atoms. The molecule has 0 saturated heterocycles. The second-order valence-corrected chi connectivity index (χ2v) is 4.56. The van der Waals surface area contributed by atoms with Gasteiger partial charge in [0.15, 0.2) is 0 Å². The van der Waals surface area contributed by atoms with Crippen LogP contribution in [0.4, 0.5) is 4.39 Å². The molecule has 0 aliphatic rings. The number of hydrogen-bond acceptors (Lipinski definition) is 2. The number of aliphatic hydroxyl groups is 1. The van der Waals surface area contributed by atoms with E-state index in [0.29, 0.717) is 23.8 Å². The maximum Gasteiger partial charge on any atom is 0.132 e. The molecule has 2 atom stereocenters. The lowest BCUT2D eigenvalue weighted by atomic mass is 10.1. The summed E-state index contributed by atoms with van der Waals surface area (Å²) in [5.41, 5.74) is 0.305. The maximum absolute atomic E-state index is 13.5. The third-order valence-electron chi connectivity index (χ3n) is 2.74. The zero-order valence-electron chi connectivity index (χ0n) is 10.7. The maximum atomic E-state index is 13.5. The highest BCUT2D eigenvalue weighted by Gasteiger charge is 2.09. The second-order valence-electron chi connectivity index (χ2n) is 4.56. The van der Waals surface area contributed by atoms with E-state index < -0.39 is 11.9 Å². The molecule has 0 aliphatic heterocycles. The summed E-state index contributed by atoms with van der Waals surface area (Å²) < 4.78 is 19.0. The molecule has 0 bridgehead atoms. The van der Waals surface area contributed by atoms with Crippen LogP contribution in [0, 0.1) is 11.7 Å². The SMILES string of the molecule is CCCC(C)COc1ccc([C@H](C)O)c(F)c1. The van der Waals surface area contributed by atoms with Gasteiger partial charge in [-0.05, 0) is 31.4 Å². The molecule has 1 N–H and O–H groups in total. The molecule has 2 nitrogen and oxygen atoms in total. The van der Waals surface area contributed by atoms with Crippen LogP contribution in [0.1, 0.15) is 45.3 Å². The van der Waals surface area contributed by atoms with Gasteiger partial charge in [0, 0.05) is 11.6 Å². The van der Waals surface area contributed by atoms with Crippen molar-refractivity contribution in [2.75, 3.05) is 6.61 Å². The Labute approximate surface area is 102 Å². The first kappa shape index (κ1) is 14.0. The Morgan fingerprint density at radius 2 is 2.06 bits per heavy atom. The topological polar surface area (TPSA) is 29.5 Å². The van der Waals surface area contributed by atoms with Crippen molar-refractivity contribution in [2.24, 2.45) is 5.92 Å². The quantitative estimate of drug-likeness (QED) is 0.821. The first-order valence-corrected chi connectivity index (χ1v) is 6.14. The molecular formula is C14H21FO2. The Morgan fingerprint density at radius 1 is 1.35 bits per heavy atom. The number of hydrogen-bond donors (Lipinski definition) is 1. The van der Waals surface area contributed by atoms with Gasteiger partial charge in [-0.25, -0.2) is 4.39 Å². The van der Waals surface area contributed by atoms with Crippen molar-refractivity contribution < 1.29 is 14.2 Å². The summed E-state index contributed by atoms with van der Waals surface area (Å²) in [5, 5.41) is 9.30. The van der Waals surface area contributed by atoms with Crippen molar-refractivity contribution in [3.05, 3.63) is 29.6 Å². The van der Waals surface area contributed by atoms with Crippen molar-refractivity contribution in [1.82, 2.24) is 0 Å². The number of halogens is 1. The third kappa shape index (κ3) is 4.35. The molecule has 17 heavy (non-hydrogen) atoms. The molecule has 0 saturated carbocycles. The zero-order valence-corrected chi connectivity index (χ0v) is 10.7. The molecule has 0 aromatic heterocycles. The Bertz CT molecular complexity index is 350. The highest BCUT2D eigenvalue weighted by atomic mass is 19.1. The minimum atomic E-state index is -0.789. The van der Waals surface area contributed by atoms with Crippen LogP contribution in [0.15, 0.2) is 18.2 Å². The highest BCUT2D eigenvalue weighted by Crippen LogP contribution is 2.22. The standard InChI is InChI=1S/C14H21FO2/c1-4-5-10(2)9-17-12-6-7-13(11(3)16)14(15)8-12/h6-8,10-11,16H,4-5,9H2,1-3H3/t10?,11-/m0/s1. The highest BCUT2D eigenvalue weighted by molar-refractivity contribution is 5.29. The van der Waals surface area contributed by atoms with E-state index in [4.69, 9.17) is 4.74 Å². The molecule has 0 heterocycles. The van der Waals surface area contributed by atoms with Crippen molar-refractivity contribution in [3.8, 4) is 5.75 Å². The van der Waals surface area contributed by atoms with Gasteiger partial charge in [-0.15, -0.1) is 0 Å². The van der Waals surface area contributed by atoms with Gasteiger partial charge in [-0.3, -0.25) is 0 Å². The molecule has 0 amide bonds. The van der Waals surface area contributed by atoms with E-state index in [-0.39, 0.29) is 0 Å². The summed E-state index contributed by atoms with van der Waals surface area (Å²) in [6.07, 6.45) is 1.44. The van der Waals surface area contributed by atoms with Crippen LogP contribution in [-0.4, -0.2) is 11.7 Å². The zero-order chi connectivity index (χ0) is 12.8. The predicted octanol–water partition coefficient (Wildman–Crippen LogP) is 3.69. The van der Waals surface area contributed by atoms with E-state index in [1.54, 1.807) is 19.1 Å². The van der Waals surface area contributed by atoms with Gasteiger partial charge in [-0.2, -0.15) is 0 Å². The lowest BCUT2D eigenvalue weighted by Gasteiger charge is -2.13. The van der Waals surface area contributed by atoms with Gasteiger partial charge in [0.05, 0.1) is 12.7 Å². The van der Waals surface area contributed by atoms with E-state index in [1.165, 1.54) is 6.07 Å². The molecule has 3 heteroatoms. The van der Waals surface area contributed by atoms with Gasteiger partial charge in [0.2, 0.25) is 0 Å². The Kier molecular flexibility index (Phi) is 5.42. The lowest BCUT2D eigenvalue weighted by Crippen LogP contribution is -2.08. The lowest BCUT2D eigenvalue weighted by molar-refractivity contribution is 0.193. The molecule has 0 fully saturated rings. The molecule has 1 rings (SSSR count). The smallest absolute Gasteiger partial charge is 0.132 e. The Hall–Kier alpha value is -1.09. The van der Waals surface area contributed by atoms with E-state index in [0.717, 1.165) is 12.8 Å². The van der Waals surface area contributed by atoms with Crippen molar-refractivity contribution in [3.63, 3.8) is 0 Å². The normalized spacial score (nSPS) is 14.4. The van der Waals surface area contributed by atoms with Crippen LogP contribution in [0.3, 0.4) is 0 Å². The van der Waals surface area contributed by atoms with Crippen molar-refractivity contribution in [2.45, 2.75) is 39.7 Å². The summed E-state index contributed by atoms with van der Waals surface area (Å²) in [7, 11) is 0. The average Bonchev–Trinajstić information content (AvgIpc) is 2.26. The minimum Gasteiger partial charge on any atom is -0.493 e. The fourth-order valence-electron chi connectivity index (χ4n) is 1.75. The van der Waals surface area contributed by atoms with Crippen LogP contribution in [0.2, 0.25) is 0 Å². The van der Waals surface area contributed by atoms with Gasteiger partial charge >= 0.3 is 0 Å². The predicted molar refractivity (Wildman–Crippen MR) is 66.6 cm³/mol. The molecule has 0 radical (unpaired) electrons. The number of benzene rings is 1. The monoisotopic (exact) mass is 240 g/mol. The molecule has 96 valence electrons. The van der Waals surface area contributed by atoms with Crippen LogP contribution in [0.25, 0.3) is 0 Å². The van der Waals surface area contributed by atoms with Gasteiger partial charge in [0.25, 0.3) is 0 Å². The van der Waals surface area contributed by atoms with Gasteiger partial charge in [0.1, 0.15) is 11.6 Å². The van der Waals surface area contributed by atoms with E-state index >= 15 is 0 Å². The van der Waals surface area contributed by atoms with E-state index in [9.17, 15) is 9.50 Å². The first-order valence-electron chi connectivity index (χ1n) is 6.14. The minimum absolute atomic E-state index is 0.305. The second kappa shape index (κ2) is 6.60. The van der Waals surface area contributed by atoms with Crippen LogP contribution in [-0.2, 0) is 0 Å². The fourth-order valence-corrected chi connectivity index (χ4v) is 1.75.